The van der Waals surface area contributed by atoms with Crippen molar-refractivity contribution >= 4 is 5.91 Å². The maximum Gasteiger partial charge on any atom is 0.234 e. The van der Waals surface area contributed by atoms with Crippen LogP contribution in [0.4, 0.5) is 0 Å². The molecule has 1 saturated heterocycles. The fraction of sp³-hybridized carbons (Fsp3) is 0.900. The van der Waals surface area contributed by atoms with Gasteiger partial charge in [-0.15, -0.1) is 0 Å². The summed E-state index contributed by atoms with van der Waals surface area (Å²) in [6, 6.07) is -0.175. The third-order valence-electron chi connectivity index (χ3n) is 2.80. The third-order valence-corrected chi connectivity index (χ3v) is 2.80. The number of rotatable bonds is 3. The van der Waals surface area contributed by atoms with Crippen molar-refractivity contribution in [1.29, 1.82) is 0 Å². The largest absolute Gasteiger partial charge is 0.377 e. The van der Waals surface area contributed by atoms with E-state index in [1.54, 1.807) is 0 Å². The number of nitrogens with two attached hydrogens (primary N) is 1. The van der Waals surface area contributed by atoms with Crippen LogP contribution in [0.1, 0.15) is 26.7 Å². The summed E-state index contributed by atoms with van der Waals surface area (Å²) < 4.78 is 5.62. The van der Waals surface area contributed by atoms with Gasteiger partial charge in [0.1, 0.15) is 0 Å². The lowest BCUT2D eigenvalue weighted by molar-refractivity contribution is -0.122. The Hall–Kier alpha value is -0.610. The number of carbonyl (C=O) groups is 1. The second-order valence-electron chi connectivity index (χ2n) is 3.83. The van der Waals surface area contributed by atoms with Crippen molar-refractivity contribution in [2.45, 2.75) is 38.8 Å². The van der Waals surface area contributed by atoms with E-state index in [9.17, 15) is 4.79 Å². The lowest BCUT2D eigenvalue weighted by atomic mass is 10.2. The van der Waals surface area contributed by atoms with Gasteiger partial charge in [0.05, 0.1) is 12.1 Å². The number of ether oxygens (including phenoxy) is 1. The van der Waals surface area contributed by atoms with E-state index in [2.05, 4.69) is 11.8 Å². The van der Waals surface area contributed by atoms with Crippen LogP contribution in [-0.2, 0) is 9.53 Å². The van der Waals surface area contributed by atoms with Gasteiger partial charge >= 0.3 is 0 Å². The second-order valence-corrected chi connectivity index (χ2v) is 3.83. The first-order valence-electron chi connectivity index (χ1n) is 5.30. The molecule has 14 heavy (non-hydrogen) atoms. The van der Waals surface area contributed by atoms with Crippen molar-refractivity contribution < 1.29 is 9.53 Å². The van der Waals surface area contributed by atoms with E-state index in [0.29, 0.717) is 0 Å². The van der Waals surface area contributed by atoms with Crippen LogP contribution in [0, 0.1) is 0 Å². The van der Waals surface area contributed by atoms with Crippen molar-refractivity contribution in [3.05, 3.63) is 0 Å². The number of primary amides is 1. The lowest BCUT2D eigenvalue weighted by Gasteiger charge is -2.27. The number of amides is 1. The van der Waals surface area contributed by atoms with Gasteiger partial charge in [0.2, 0.25) is 5.91 Å². The van der Waals surface area contributed by atoms with Gasteiger partial charge in [0, 0.05) is 19.7 Å². The zero-order valence-electron chi connectivity index (χ0n) is 9.03. The molecule has 0 aromatic rings. The highest BCUT2D eigenvalue weighted by molar-refractivity contribution is 5.79. The van der Waals surface area contributed by atoms with Crippen molar-refractivity contribution in [2.24, 2.45) is 5.73 Å². The summed E-state index contributed by atoms with van der Waals surface area (Å²) in [5.74, 6) is -0.248. The van der Waals surface area contributed by atoms with Gasteiger partial charge < -0.3 is 10.5 Å². The van der Waals surface area contributed by atoms with Gasteiger partial charge in [0.25, 0.3) is 0 Å². The van der Waals surface area contributed by atoms with Crippen molar-refractivity contribution in [2.75, 3.05) is 19.7 Å². The molecule has 1 aliphatic heterocycles. The Morgan fingerprint density at radius 1 is 1.71 bits per heavy atom. The van der Waals surface area contributed by atoms with Gasteiger partial charge in [0.15, 0.2) is 0 Å². The first-order chi connectivity index (χ1) is 6.65. The van der Waals surface area contributed by atoms with E-state index in [4.69, 9.17) is 10.5 Å². The van der Waals surface area contributed by atoms with Crippen LogP contribution in [0.5, 0.6) is 0 Å². The summed E-state index contributed by atoms with van der Waals surface area (Å²) in [4.78, 5) is 13.2. The quantitative estimate of drug-likeness (QED) is 0.715. The van der Waals surface area contributed by atoms with Crippen molar-refractivity contribution in [3.8, 4) is 0 Å². The van der Waals surface area contributed by atoms with E-state index in [1.807, 2.05) is 6.92 Å². The summed E-state index contributed by atoms with van der Waals surface area (Å²) in [5.41, 5.74) is 5.28. The molecule has 4 heteroatoms. The fourth-order valence-corrected chi connectivity index (χ4v) is 1.70. The molecule has 2 unspecified atom stereocenters. The smallest absolute Gasteiger partial charge is 0.234 e. The molecule has 2 N–H and O–H groups in total. The fourth-order valence-electron chi connectivity index (χ4n) is 1.70. The third kappa shape index (κ3) is 2.96. The Balaban J connectivity index is 2.54. The van der Waals surface area contributed by atoms with E-state index in [0.717, 1.165) is 32.5 Å². The van der Waals surface area contributed by atoms with E-state index in [1.165, 1.54) is 0 Å². The minimum atomic E-state index is -0.248. The molecule has 0 spiro atoms. The molecule has 1 rings (SSSR count). The number of hydrogen-bond acceptors (Lipinski definition) is 3. The predicted molar refractivity (Wildman–Crippen MR) is 54.9 cm³/mol. The summed E-state index contributed by atoms with van der Waals surface area (Å²) in [5, 5.41) is 0. The molecular weight excluding hydrogens is 180 g/mol. The van der Waals surface area contributed by atoms with E-state index in [-0.39, 0.29) is 18.1 Å². The Labute approximate surface area is 85.4 Å². The monoisotopic (exact) mass is 200 g/mol. The topological polar surface area (TPSA) is 55.6 Å². The van der Waals surface area contributed by atoms with E-state index < -0.39 is 0 Å². The summed E-state index contributed by atoms with van der Waals surface area (Å²) >= 11 is 0. The number of nitrogens with zero attached hydrogens (tertiary/aromatic N) is 1. The average Bonchev–Trinajstić information content (AvgIpc) is 2.41. The minimum Gasteiger partial charge on any atom is -0.377 e. The first-order valence-corrected chi connectivity index (χ1v) is 5.30. The van der Waals surface area contributed by atoms with Crippen LogP contribution < -0.4 is 5.73 Å². The number of hydrogen-bond donors (Lipinski definition) is 1. The zero-order chi connectivity index (χ0) is 10.6. The molecule has 0 radical (unpaired) electrons. The Morgan fingerprint density at radius 2 is 2.43 bits per heavy atom. The Morgan fingerprint density at radius 3 is 3.00 bits per heavy atom. The van der Waals surface area contributed by atoms with Gasteiger partial charge in [-0.1, -0.05) is 6.92 Å². The molecule has 0 aromatic heterocycles. The highest BCUT2D eigenvalue weighted by Gasteiger charge is 2.23. The molecule has 0 saturated carbocycles. The molecule has 0 aliphatic carbocycles. The van der Waals surface area contributed by atoms with Crippen molar-refractivity contribution in [3.63, 3.8) is 0 Å². The van der Waals surface area contributed by atoms with Gasteiger partial charge in [-0.25, -0.2) is 0 Å². The Bertz CT molecular complexity index is 197. The molecular formula is C10H20N2O2. The zero-order valence-corrected chi connectivity index (χ0v) is 9.03. The molecule has 0 bridgehead atoms. The molecule has 1 aliphatic rings. The molecule has 0 aromatic carbocycles. The molecule has 4 nitrogen and oxygen atoms in total. The van der Waals surface area contributed by atoms with Crippen LogP contribution in [0.25, 0.3) is 0 Å². The van der Waals surface area contributed by atoms with Crippen LogP contribution in [0.15, 0.2) is 0 Å². The lowest BCUT2D eigenvalue weighted by Crippen LogP contribution is -2.45. The molecule has 82 valence electrons. The summed E-state index contributed by atoms with van der Waals surface area (Å²) in [6.45, 7) is 6.48. The summed E-state index contributed by atoms with van der Waals surface area (Å²) in [7, 11) is 0. The summed E-state index contributed by atoms with van der Waals surface area (Å²) in [6.07, 6.45) is 2.22. The normalized spacial score (nSPS) is 26.9. The molecule has 2 atom stereocenters. The van der Waals surface area contributed by atoms with Crippen molar-refractivity contribution in [1.82, 2.24) is 4.90 Å². The van der Waals surface area contributed by atoms with E-state index >= 15 is 0 Å². The molecule has 1 amide bonds. The van der Waals surface area contributed by atoms with Crippen LogP contribution in [-0.4, -0.2) is 42.6 Å². The molecule has 1 fully saturated rings. The van der Waals surface area contributed by atoms with Gasteiger partial charge in [-0.05, 0) is 19.8 Å². The average molecular weight is 200 g/mol. The Kier molecular flexibility index (Phi) is 4.35. The highest BCUT2D eigenvalue weighted by Crippen LogP contribution is 2.11. The van der Waals surface area contributed by atoms with Gasteiger partial charge in [-0.2, -0.15) is 0 Å². The van der Waals surface area contributed by atoms with Crippen LogP contribution in [0.2, 0.25) is 0 Å². The van der Waals surface area contributed by atoms with Gasteiger partial charge in [-0.3, -0.25) is 9.69 Å². The van der Waals surface area contributed by atoms with Crippen LogP contribution >= 0.6 is 0 Å². The van der Waals surface area contributed by atoms with Crippen LogP contribution in [0.3, 0.4) is 0 Å². The number of carbonyl (C=O) groups excluding carboxylic acids is 1. The SMILES string of the molecule is CCC1CN(C(C)C(N)=O)CCCO1. The second kappa shape index (κ2) is 5.32. The minimum absolute atomic E-state index is 0.175. The standard InChI is InChI=1S/C10H20N2O2/c1-3-9-7-12(5-4-6-14-9)8(2)10(11)13/h8-9H,3-7H2,1-2H3,(H2,11,13). The molecule has 1 heterocycles. The predicted octanol–water partition coefficient (Wildman–Crippen LogP) is 0.361. The maximum absolute atomic E-state index is 11.0. The highest BCUT2D eigenvalue weighted by atomic mass is 16.5. The first kappa shape index (κ1) is 11.5. The maximum atomic E-state index is 11.0.